The summed E-state index contributed by atoms with van der Waals surface area (Å²) in [5, 5.41) is 1.08. The van der Waals surface area contributed by atoms with Crippen molar-refractivity contribution < 1.29 is 24.9 Å². The Balaban J connectivity index is 0.00000432. The summed E-state index contributed by atoms with van der Waals surface area (Å²) in [6, 6.07) is 19.9. The molecule has 1 aromatic heterocycles. The molecular weight excluding hydrogens is 639 g/mol. The molecule has 7 rings (SSSR count). The highest BCUT2D eigenvalue weighted by molar-refractivity contribution is 8.21. The molecule has 3 N–H and O–H groups in total. The Morgan fingerprint density at radius 1 is 0.959 bits per heavy atom. The number of anilines is 2. The van der Waals surface area contributed by atoms with Crippen LogP contribution in [0.4, 0.5) is 11.4 Å². The molecule has 2 unspecified atom stereocenters. The first-order valence-electron chi connectivity index (χ1n) is 17.0. The van der Waals surface area contributed by atoms with Crippen molar-refractivity contribution in [3.8, 4) is 17.0 Å². The normalized spacial score (nSPS) is 20.6. The maximum Gasteiger partial charge on any atom is 0.270 e. The van der Waals surface area contributed by atoms with E-state index >= 15 is 0 Å². The molecular formula is C38H49N5O5S. The van der Waals surface area contributed by atoms with E-state index in [9.17, 15) is 18.7 Å². The van der Waals surface area contributed by atoms with Gasteiger partial charge in [-0.05, 0) is 78.8 Å². The largest absolute Gasteiger partial charge is 0.497 e. The van der Waals surface area contributed by atoms with Gasteiger partial charge < -0.3 is 19.1 Å². The molecule has 2 amide bonds. The standard InChI is InChI=1S/C38H47N5O5S.H2/c1-40(2)31-14-10-11-15-32(31)42(5)37(45)38-22-30(38)29-21-26(48-6)17-19-27(29)35-34(24-12-8-7-9-13-24)28-18-16-25(20-33(28)43(35)23-38)36(44)39-49(46,47)41(3)4;/h10-11,14-21,24,30,46-47H,7-9,12-13,22-23H2,1-6H3,(H,39,44);1H. The minimum atomic E-state index is -3.49. The van der Waals surface area contributed by atoms with Crippen LogP contribution >= 0.6 is 11.0 Å². The molecule has 1 aliphatic heterocycles. The average molecular weight is 688 g/mol. The molecule has 0 saturated heterocycles. The molecule has 2 atom stereocenters. The van der Waals surface area contributed by atoms with Crippen LogP contribution in [-0.2, 0) is 11.3 Å². The summed E-state index contributed by atoms with van der Waals surface area (Å²) >= 11 is 0. The molecule has 262 valence electrons. The van der Waals surface area contributed by atoms with E-state index in [0.717, 1.165) is 70.5 Å². The van der Waals surface area contributed by atoms with Gasteiger partial charge in [-0.2, -0.15) is 4.31 Å². The number of amides is 2. The van der Waals surface area contributed by atoms with Crippen LogP contribution in [0.15, 0.2) is 60.7 Å². The van der Waals surface area contributed by atoms with E-state index in [0.29, 0.717) is 24.4 Å². The van der Waals surface area contributed by atoms with E-state index in [1.807, 2.05) is 73.4 Å². The third-order valence-electron chi connectivity index (χ3n) is 11.0. The second kappa shape index (κ2) is 12.4. The van der Waals surface area contributed by atoms with Crippen molar-refractivity contribution in [3.05, 3.63) is 77.4 Å². The molecule has 0 radical (unpaired) electrons. The number of benzene rings is 3. The second-order valence-electron chi connectivity index (χ2n) is 14.3. The van der Waals surface area contributed by atoms with E-state index in [1.165, 1.54) is 30.4 Å². The molecule has 2 saturated carbocycles. The van der Waals surface area contributed by atoms with Gasteiger partial charge in [0.15, 0.2) is 0 Å². The van der Waals surface area contributed by atoms with Crippen LogP contribution in [0, 0.1) is 5.41 Å². The lowest BCUT2D eigenvalue weighted by Gasteiger charge is -2.37. The lowest BCUT2D eigenvalue weighted by Crippen LogP contribution is -2.38. The third kappa shape index (κ3) is 5.57. The minimum absolute atomic E-state index is 0. The van der Waals surface area contributed by atoms with Gasteiger partial charge in [0.05, 0.1) is 29.6 Å². The van der Waals surface area contributed by atoms with Crippen LogP contribution in [0.25, 0.3) is 22.2 Å². The summed E-state index contributed by atoms with van der Waals surface area (Å²) in [5.41, 5.74) is 6.94. The van der Waals surface area contributed by atoms with Crippen molar-refractivity contribution in [1.82, 2.24) is 13.6 Å². The Bertz CT molecular complexity index is 1960. The molecule has 4 aromatic rings. The predicted octanol–water partition coefficient (Wildman–Crippen LogP) is 7.70. The number of fused-ring (bicyclic) bond motifs is 7. The van der Waals surface area contributed by atoms with Crippen LogP contribution in [0.5, 0.6) is 5.75 Å². The molecule has 0 bridgehead atoms. The van der Waals surface area contributed by atoms with Crippen molar-refractivity contribution in [2.75, 3.05) is 52.1 Å². The molecule has 3 aromatic carbocycles. The van der Waals surface area contributed by atoms with Crippen LogP contribution < -0.4 is 19.3 Å². The number of carbonyl (C=O) groups excluding carboxylic acids is 2. The van der Waals surface area contributed by atoms with Crippen molar-refractivity contribution in [2.24, 2.45) is 5.41 Å². The highest BCUT2D eigenvalue weighted by atomic mass is 32.3. The first kappa shape index (κ1) is 33.5. The van der Waals surface area contributed by atoms with Gasteiger partial charge in [-0.1, -0.05) is 48.4 Å². The predicted molar refractivity (Wildman–Crippen MR) is 200 cm³/mol. The van der Waals surface area contributed by atoms with Crippen LogP contribution in [-0.4, -0.2) is 72.1 Å². The highest BCUT2D eigenvalue weighted by Gasteiger charge is 2.63. The number of rotatable bonds is 8. The molecule has 10 nitrogen and oxygen atoms in total. The summed E-state index contributed by atoms with van der Waals surface area (Å²) in [6.45, 7) is 0.457. The number of aromatic nitrogens is 1. The van der Waals surface area contributed by atoms with Crippen molar-refractivity contribution >= 4 is 45.1 Å². The number of methoxy groups -OCH3 is 1. The third-order valence-corrected chi connectivity index (χ3v) is 12.5. The topological polar surface area (TPSA) is 111 Å². The number of nitrogens with zero attached hydrogens (tertiary/aromatic N) is 4. The zero-order chi connectivity index (χ0) is 34.8. The SMILES string of the molecule is COc1ccc2c(c1)C1CC1(C(=O)N(C)c1ccccc1N(C)C)Cn1c-2c(C2CCCCC2)c2ccc(C(=O)NS(O)(O)N(C)C)cc21.[HH]. The van der Waals surface area contributed by atoms with Crippen LogP contribution in [0.3, 0.4) is 0 Å². The highest BCUT2D eigenvalue weighted by Crippen LogP contribution is 2.66. The molecule has 2 fully saturated rings. The van der Waals surface area contributed by atoms with Gasteiger partial charge in [-0.3, -0.25) is 18.7 Å². The van der Waals surface area contributed by atoms with Crippen LogP contribution in [0.1, 0.15) is 73.3 Å². The van der Waals surface area contributed by atoms with Crippen LogP contribution in [0.2, 0.25) is 0 Å². The molecule has 11 heteroatoms. The quantitative estimate of drug-likeness (QED) is 0.174. The van der Waals surface area contributed by atoms with Gasteiger partial charge >= 0.3 is 0 Å². The first-order chi connectivity index (χ1) is 23.4. The fraction of sp³-hybridized carbons (Fsp3) is 0.421. The minimum Gasteiger partial charge on any atom is -0.497 e. The Morgan fingerprint density at radius 3 is 2.35 bits per heavy atom. The van der Waals surface area contributed by atoms with Gasteiger partial charge in [0, 0.05) is 71.2 Å². The second-order valence-corrected chi connectivity index (χ2v) is 16.3. The zero-order valence-corrected chi connectivity index (χ0v) is 30.0. The first-order valence-corrected chi connectivity index (χ1v) is 18.5. The van der Waals surface area contributed by atoms with E-state index < -0.39 is 22.3 Å². The lowest BCUT2D eigenvalue weighted by molar-refractivity contribution is -0.124. The van der Waals surface area contributed by atoms with Gasteiger partial charge in [-0.15, -0.1) is 0 Å². The van der Waals surface area contributed by atoms with E-state index in [4.69, 9.17) is 4.74 Å². The van der Waals surface area contributed by atoms with Crippen molar-refractivity contribution in [1.29, 1.82) is 0 Å². The Morgan fingerprint density at radius 2 is 1.67 bits per heavy atom. The van der Waals surface area contributed by atoms with Gasteiger partial charge in [0.1, 0.15) is 5.75 Å². The van der Waals surface area contributed by atoms with E-state index in [-0.39, 0.29) is 13.3 Å². The van der Waals surface area contributed by atoms with E-state index in [2.05, 4.69) is 21.4 Å². The fourth-order valence-corrected chi connectivity index (χ4v) is 8.82. The lowest BCUT2D eigenvalue weighted by atomic mass is 9.81. The van der Waals surface area contributed by atoms with Gasteiger partial charge in [0.25, 0.3) is 5.91 Å². The number of nitrogens with one attached hydrogen (secondary N) is 1. The number of hydrogen-bond donors (Lipinski definition) is 3. The average Bonchev–Trinajstić information content (AvgIpc) is 3.77. The summed E-state index contributed by atoms with van der Waals surface area (Å²) in [4.78, 5) is 32.3. The van der Waals surface area contributed by atoms with E-state index in [1.54, 1.807) is 13.2 Å². The summed E-state index contributed by atoms with van der Waals surface area (Å²) < 4.78 is 32.6. The summed E-state index contributed by atoms with van der Waals surface area (Å²) in [6.07, 6.45) is 6.42. The summed E-state index contributed by atoms with van der Waals surface area (Å²) in [5.74, 6) is 0.592. The van der Waals surface area contributed by atoms with Gasteiger partial charge in [-0.25, -0.2) is 4.72 Å². The Kier molecular flexibility index (Phi) is 8.46. The number of hydrogen-bond acceptors (Lipinski definition) is 7. The number of para-hydroxylation sites is 2. The molecule has 2 aliphatic carbocycles. The monoisotopic (exact) mass is 687 g/mol. The smallest absolute Gasteiger partial charge is 0.270 e. The number of carbonyl (C=O) groups is 2. The molecule has 0 spiro atoms. The Hall–Kier alpha value is -4.03. The van der Waals surface area contributed by atoms with Gasteiger partial charge in [0.2, 0.25) is 5.91 Å². The number of ether oxygens (including phenoxy) is 1. The molecule has 3 aliphatic rings. The zero-order valence-electron chi connectivity index (χ0n) is 29.2. The summed E-state index contributed by atoms with van der Waals surface area (Å²) in [7, 11) is 7.05. The molecule has 2 heterocycles. The van der Waals surface area contributed by atoms with Crippen molar-refractivity contribution in [2.45, 2.75) is 56.9 Å². The maximum atomic E-state index is 14.9. The Labute approximate surface area is 291 Å². The molecule has 49 heavy (non-hydrogen) atoms. The maximum absolute atomic E-state index is 14.9. The van der Waals surface area contributed by atoms with Crippen molar-refractivity contribution in [3.63, 3.8) is 0 Å². The fourth-order valence-electron chi connectivity index (χ4n) is 8.27.